The largest absolute Gasteiger partial charge is 0.379 e. The summed E-state index contributed by atoms with van der Waals surface area (Å²) in [5.41, 5.74) is 2.96. The minimum atomic E-state index is -0.243. The van der Waals surface area contributed by atoms with Gasteiger partial charge in [-0.25, -0.2) is 4.39 Å². The molecule has 0 saturated carbocycles. The van der Waals surface area contributed by atoms with E-state index in [2.05, 4.69) is 30.7 Å². The summed E-state index contributed by atoms with van der Waals surface area (Å²) in [6.45, 7) is 5.43. The lowest BCUT2D eigenvalue weighted by atomic mass is 10.0. The lowest BCUT2D eigenvalue weighted by Gasteiger charge is -2.31. The van der Waals surface area contributed by atoms with Crippen LogP contribution in [0.1, 0.15) is 29.9 Å². The smallest absolute Gasteiger partial charge is 0.170 e. The molecule has 2 fully saturated rings. The number of hydrogen-bond acceptors (Lipinski definition) is 4. The van der Waals surface area contributed by atoms with Gasteiger partial charge < -0.3 is 19.5 Å². The fourth-order valence-corrected chi connectivity index (χ4v) is 5.06. The maximum absolute atomic E-state index is 13.6. The number of nitrogens with one attached hydrogen (secondary N) is 1. The summed E-state index contributed by atoms with van der Waals surface area (Å²) in [7, 11) is 0. The van der Waals surface area contributed by atoms with Crippen LogP contribution < -0.4 is 5.32 Å². The Labute approximate surface area is 199 Å². The van der Waals surface area contributed by atoms with E-state index in [0.29, 0.717) is 0 Å². The first-order valence-corrected chi connectivity index (χ1v) is 11.8. The molecule has 4 heterocycles. The van der Waals surface area contributed by atoms with Gasteiger partial charge in [0.25, 0.3) is 0 Å². The van der Waals surface area contributed by atoms with Crippen molar-refractivity contribution in [1.82, 2.24) is 24.7 Å². The third-order valence-corrected chi connectivity index (χ3v) is 6.72. The number of rotatable bonds is 7. The minimum Gasteiger partial charge on any atom is -0.379 e. The van der Waals surface area contributed by atoms with Crippen LogP contribution in [0.15, 0.2) is 67.0 Å². The van der Waals surface area contributed by atoms with E-state index in [0.717, 1.165) is 68.0 Å². The summed E-state index contributed by atoms with van der Waals surface area (Å²) in [5.74, 6) is -0.243. The molecule has 6 nitrogen and oxygen atoms in total. The Morgan fingerprint density at radius 1 is 1.03 bits per heavy atom. The molecule has 0 aliphatic carbocycles. The predicted octanol–water partition coefficient (Wildman–Crippen LogP) is 3.71. The highest BCUT2D eigenvalue weighted by Crippen LogP contribution is 2.39. The van der Waals surface area contributed by atoms with Gasteiger partial charge in [0.1, 0.15) is 5.82 Å². The first kappa shape index (κ1) is 22.0. The summed E-state index contributed by atoms with van der Waals surface area (Å²) in [5, 5.41) is 4.26. The van der Waals surface area contributed by atoms with Crippen LogP contribution in [0.2, 0.25) is 0 Å². The van der Waals surface area contributed by atoms with Gasteiger partial charge >= 0.3 is 0 Å². The van der Waals surface area contributed by atoms with E-state index in [-0.39, 0.29) is 17.9 Å². The standard InChI is InChI=1S/C25H28FN5OS/c26-19-7-9-20(10-8-19)30-13-3-6-22(30)24-23(21-5-1-2-11-27-21)28-25(33)31(24)14-4-12-29-15-17-32-18-16-29/h1-3,5-11,13,23-24H,4,12,14-18H2,(H,28,33)/t23-,24-/m1/s1. The Bertz CT molecular complexity index is 1070. The van der Waals surface area contributed by atoms with Gasteiger partial charge in [-0.15, -0.1) is 0 Å². The molecule has 1 aromatic carbocycles. The first-order chi connectivity index (χ1) is 16.2. The van der Waals surface area contributed by atoms with Crippen molar-refractivity contribution in [2.24, 2.45) is 0 Å². The second kappa shape index (κ2) is 9.99. The van der Waals surface area contributed by atoms with Gasteiger partial charge in [0.05, 0.1) is 31.0 Å². The summed E-state index contributed by atoms with van der Waals surface area (Å²) in [6.07, 6.45) is 4.84. The van der Waals surface area contributed by atoms with E-state index in [9.17, 15) is 4.39 Å². The molecule has 33 heavy (non-hydrogen) atoms. The van der Waals surface area contributed by atoms with Gasteiger partial charge in [-0.05, 0) is 67.2 Å². The topological polar surface area (TPSA) is 45.6 Å². The molecule has 0 bridgehead atoms. The maximum Gasteiger partial charge on any atom is 0.170 e. The van der Waals surface area contributed by atoms with Crippen molar-refractivity contribution in [1.29, 1.82) is 0 Å². The molecule has 2 saturated heterocycles. The average molecular weight is 466 g/mol. The third-order valence-electron chi connectivity index (χ3n) is 6.36. The lowest BCUT2D eigenvalue weighted by Crippen LogP contribution is -2.39. The van der Waals surface area contributed by atoms with Gasteiger partial charge in [-0.3, -0.25) is 9.88 Å². The van der Waals surface area contributed by atoms with Crippen LogP contribution in [0.25, 0.3) is 5.69 Å². The molecule has 0 unspecified atom stereocenters. The maximum atomic E-state index is 13.6. The van der Waals surface area contributed by atoms with Crippen molar-refractivity contribution < 1.29 is 9.13 Å². The molecule has 2 aliphatic rings. The fourth-order valence-electron chi connectivity index (χ4n) is 4.73. The van der Waals surface area contributed by atoms with Gasteiger partial charge in [-0.1, -0.05) is 6.07 Å². The molecule has 0 amide bonds. The van der Waals surface area contributed by atoms with Crippen LogP contribution in [0, 0.1) is 5.82 Å². The molecule has 1 N–H and O–H groups in total. The molecule has 5 rings (SSSR count). The number of ether oxygens (including phenoxy) is 1. The molecule has 2 atom stereocenters. The zero-order valence-electron chi connectivity index (χ0n) is 18.4. The average Bonchev–Trinajstić information content (AvgIpc) is 3.45. The molecular formula is C25H28FN5OS. The Hall–Kier alpha value is -2.81. The fraction of sp³-hybridized carbons (Fsp3) is 0.360. The van der Waals surface area contributed by atoms with E-state index in [1.165, 1.54) is 12.1 Å². The molecule has 2 aliphatic heterocycles. The van der Waals surface area contributed by atoms with Crippen LogP contribution in [0.5, 0.6) is 0 Å². The van der Waals surface area contributed by atoms with E-state index < -0.39 is 0 Å². The van der Waals surface area contributed by atoms with Gasteiger partial charge in [0.15, 0.2) is 5.11 Å². The minimum absolute atomic E-state index is 0.0304. The second-order valence-corrected chi connectivity index (χ2v) is 8.79. The van der Waals surface area contributed by atoms with Crippen molar-refractivity contribution in [3.05, 3.63) is 84.2 Å². The van der Waals surface area contributed by atoms with Crippen LogP contribution in [-0.4, -0.2) is 63.9 Å². The van der Waals surface area contributed by atoms with Gasteiger partial charge in [0, 0.05) is 50.0 Å². The Morgan fingerprint density at radius 3 is 2.61 bits per heavy atom. The van der Waals surface area contributed by atoms with Crippen molar-refractivity contribution >= 4 is 17.3 Å². The van der Waals surface area contributed by atoms with E-state index in [4.69, 9.17) is 17.0 Å². The van der Waals surface area contributed by atoms with Gasteiger partial charge in [-0.2, -0.15) is 0 Å². The number of thiocarbonyl (C=S) groups is 1. The van der Waals surface area contributed by atoms with Crippen molar-refractivity contribution in [3.63, 3.8) is 0 Å². The highest BCUT2D eigenvalue weighted by atomic mass is 32.1. The molecule has 8 heteroatoms. The van der Waals surface area contributed by atoms with Crippen LogP contribution >= 0.6 is 12.2 Å². The van der Waals surface area contributed by atoms with E-state index >= 15 is 0 Å². The highest BCUT2D eigenvalue weighted by Gasteiger charge is 2.41. The summed E-state index contributed by atoms with van der Waals surface area (Å²) in [4.78, 5) is 9.36. The number of morpholine rings is 1. The van der Waals surface area contributed by atoms with E-state index in [1.807, 2.05) is 36.7 Å². The van der Waals surface area contributed by atoms with Gasteiger partial charge in [0.2, 0.25) is 0 Å². The molecular weight excluding hydrogens is 437 g/mol. The quantitative estimate of drug-likeness (QED) is 0.537. The number of nitrogens with zero attached hydrogens (tertiary/aromatic N) is 4. The molecule has 172 valence electrons. The SMILES string of the molecule is Fc1ccc(-n2cccc2[C@@H]2[C@@H](c3ccccn3)NC(=S)N2CCCN2CCOCC2)cc1. The van der Waals surface area contributed by atoms with E-state index in [1.54, 1.807) is 12.1 Å². The Kier molecular flexibility index (Phi) is 6.66. The molecule has 3 aromatic rings. The second-order valence-electron chi connectivity index (χ2n) is 8.41. The van der Waals surface area contributed by atoms with Crippen molar-refractivity contribution in [2.75, 3.05) is 39.4 Å². The number of benzene rings is 1. The molecule has 0 radical (unpaired) electrons. The summed E-state index contributed by atoms with van der Waals surface area (Å²) in [6, 6.07) is 16.6. The third kappa shape index (κ3) is 4.78. The number of halogens is 1. The number of aromatic nitrogens is 2. The summed E-state index contributed by atoms with van der Waals surface area (Å²) < 4.78 is 21.1. The number of pyridine rings is 1. The molecule has 0 spiro atoms. The normalized spacial score (nSPS) is 21.4. The van der Waals surface area contributed by atoms with Crippen LogP contribution in [-0.2, 0) is 4.74 Å². The summed E-state index contributed by atoms with van der Waals surface area (Å²) >= 11 is 5.81. The zero-order chi connectivity index (χ0) is 22.6. The van der Waals surface area contributed by atoms with Crippen LogP contribution in [0.4, 0.5) is 4.39 Å². The van der Waals surface area contributed by atoms with Crippen LogP contribution in [0.3, 0.4) is 0 Å². The van der Waals surface area contributed by atoms with Crippen molar-refractivity contribution in [2.45, 2.75) is 18.5 Å². The van der Waals surface area contributed by atoms with Crippen molar-refractivity contribution in [3.8, 4) is 5.69 Å². The Morgan fingerprint density at radius 2 is 1.85 bits per heavy atom. The monoisotopic (exact) mass is 465 g/mol. The highest BCUT2D eigenvalue weighted by molar-refractivity contribution is 7.80. The predicted molar refractivity (Wildman–Crippen MR) is 130 cm³/mol. The number of hydrogen-bond donors (Lipinski definition) is 1. The molecule has 2 aromatic heterocycles. The first-order valence-electron chi connectivity index (χ1n) is 11.4. The Balaban J connectivity index is 1.44. The lowest BCUT2D eigenvalue weighted by molar-refractivity contribution is 0.0365. The zero-order valence-corrected chi connectivity index (χ0v) is 19.3.